The van der Waals surface area contributed by atoms with E-state index in [4.69, 9.17) is 9.97 Å². The van der Waals surface area contributed by atoms with E-state index in [1.807, 2.05) is 24.3 Å². The van der Waals surface area contributed by atoms with Gasteiger partial charge in [-0.1, -0.05) is 140 Å². The molecule has 4 nitrogen and oxygen atoms in total. The smallest absolute Gasteiger partial charge is 0.137 e. The molecule has 0 radical (unpaired) electrons. The fourth-order valence-corrected chi connectivity index (χ4v) is 7.29. The molecular weight excluding hydrogens is 657 g/mol. The molecule has 54 heavy (non-hydrogen) atoms. The van der Waals surface area contributed by atoms with Gasteiger partial charge in [0.2, 0.25) is 0 Å². The van der Waals surface area contributed by atoms with Crippen LogP contribution in [0.2, 0.25) is 0 Å². The van der Waals surface area contributed by atoms with Gasteiger partial charge < -0.3 is 4.90 Å². The molecule has 9 rings (SSSR count). The minimum absolute atomic E-state index is 0.791. The van der Waals surface area contributed by atoms with Crippen LogP contribution in [0.1, 0.15) is 18.2 Å². The van der Waals surface area contributed by atoms with Crippen molar-refractivity contribution in [3.8, 4) is 22.3 Å². The lowest BCUT2D eigenvalue weighted by Crippen LogP contribution is -2.10. The standard InChI is InChI=1S/C50H38N4/c1-2-37(48-50-49(45-20-9-10-21-46(45)51-48)52-47-22-11-12-35-53(47)50)19-13-14-36-23-29-42(30-24-36)54(43-31-25-40(26-32-43)38-15-5-3-6-16-38)44-33-27-41(28-34-44)39-17-7-4-8-18-39/h2-13,15-35H,14H2,1H3/b19-13-,37-2+. The zero-order valence-electron chi connectivity index (χ0n) is 30.0. The number of imidazole rings is 1. The summed E-state index contributed by atoms with van der Waals surface area (Å²) >= 11 is 0. The number of benzene rings is 6. The molecule has 0 aliphatic carbocycles. The molecule has 0 saturated heterocycles. The molecule has 3 aromatic heterocycles. The van der Waals surface area contributed by atoms with Crippen molar-refractivity contribution in [2.24, 2.45) is 0 Å². The van der Waals surface area contributed by atoms with Crippen molar-refractivity contribution in [2.45, 2.75) is 13.3 Å². The number of allylic oxidation sites excluding steroid dienone is 4. The summed E-state index contributed by atoms with van der Waals surface area (Å²) in [4.78, 5) is 12.5. The summed E-state index contributed by atoms with van der Waals surface area (Å²) in [6, 6.07) is 62.0. The Morgan fingerprint density at radius 2 is 1.09 bits per heavy atom. The molecule has 0 fully saturated rings. The van der Waals surface area contributed by atoms with Gasteiger partial charge in [0.05, 0.1) is 16.7 Å². The number of para-hydroxylation sites is 1. The van der Waals surface area contributed by atoms with Crippen molar-refractivity contribution in [2.75, 3.05) is 4.90 Å². The van der Waals surface area contributed by atoms with Gasteiger partial charge in [-0.25, -0.2) is 9.97 Å². The van der Waals surface area contributed by atoms with Gasteiger partial charge in [-0.3, -0.25) is 4.40 Å². The van der Waals surface area contributed by atoms with Crippen LogP contribution in [0.4, 0.5) is 17.1 Å². The molecule has 0 atom stereocenters. The quantitative estimate of drug-likeness (QED) is 0.141. The molecule has 0 aliphatic heterocycles. The number of rotatable bonds is 9. The van der Waals surface area contributed by atoms with E-state index in [0.29, 0.717) is 0 Å². The summed E-state index contributed by atoms with van der Waals surface area (Å²) in [5.41, 5.74) is 15.2. The van der Waals surface area contributed by atoms with E-state index in [0.717, 1.165) is 62.3 Å². The summed E-state index contributed by atoms with van der Waals surface area (Å²) in [6.07, 6.45) is 9.43. The number of anilines is 3. The molecule has 0 spiro atoms. The Morgan fingerprint density at radius 3 is 1.70 bits per heavy atom. The zero-order chi connectivity index (χ0) is 36.3. The number of nitrogens with zero attached hydrogens (tertiary/aromatic N) is 4. The number of hydrogen-bond donors (Lipinski definition) is 0. The van der Waals surface area contributed by atoms with Crippen LogP contribution < -0.4 is 4.90 Å². The number of pyridine rings is 2. The molecule has 0 bridgehead atoms. The van der Waals surface area contributed by atoms with Crippen LogP contribution in [-0.4, -0.2) is 14.4 Å². The van der Waals surface area contributed by atoms with Crippen molar-refractivity contribution in [1.29, 1.82) is 0 Å². The second-order valence-corrected chi connectivity index (χ2v) is 13.4. The predicted molar refractivity (Wildman–Crippen MR) is 226 cm³/mol. The second kappa shape index (κ2) is 14.5. The summed E-state index contributed by atoms with van der Waals surface area (Å²) in [7, 11) is 0. The minimum Gasteiger partial charge on any atom is -0.311 e. The average molecular weight is 695 g/mol. The largest absolute Gasteiger partial charge is 0.311 e. The normalized spacial score (nSPS) is 11.9. The van der Waals surface area contributed by atoms with Crippen molar-refractivity contribution in [3.05, 3.63) is 212 Å². The highest BCUT2D eigenvalue weighted by Crippen LogP contribution is 2.37. The lowest BCUT2D eigenvalue weighted by Gasteiger charge is -2.26. The van der Waals surface area contributed by atoms with Crippen LogP contribution in [0.15, 0.2) is 200 Å². The van der Waals surface area contributed by atoms with Crippen LogP contribution >= 0.6 is 0 Å². The van der Waals surface area contributed by atoms with Crippen molar-refractivity contribution < 1.29 is 0 Å². The Balaban J connectivity index is 1.01. The molecule has 0 aliphatic rings. The highest BCUT2D eigenvalue weighted by molar-refractivity contribution is 6.08. The van der Waals surface area contributed by atoms with Gasteiger partial charge in [0, 0.05) is 28.6 Å². The maximum Gasteiger partial charge on any atom is 0.137 e. The molecule has 0 N–H and O–H groups in total. The van der Waals surface area contributed by atoms with Crippen molar-refractivity contribution in [3.63, 3.8) is 0 Å². The maximum absolute atomic E-state index is 5.17. The zero-order valence-corrected chi connectivity index (χ0v) is 30.0. The third-order valence-electron chi connectivity index (χ3n) is 10.0. The molecular formula is C50H38N4. The lowest BCUT2D eigenvalue weighted by molar-refractivity contribution is 1.21. The van der Waals surface area contributed by atoms with E-state index in [2.05, 4.69) is 192 Å². The van der Waals surface area contributed by atoms with Gasteiger partial charge in [-0.15, -0.1) is 0 Å². The molecule has 0 amide bonds. The highest BCUT2D eigenvalue weighted by atomic mass is 15.1. The van der Waals surface area contributed by atoms with E-state index in [1.54, 1.807) is 0 Å². The molecule has 0 unspecified atom stereocenters. The third-order valence-corrected chi connectivity index (χ3v) is 10.0. The van der Waals surface area contributed by atoms with E-state index in [9.17, 15) is 0 Å². The van der Waals surface area contributed by atoms with Gasteiger partial charge in [0.25, 0.3) is 0 Å². The molecule has 4 heteroatoms. The number of fused-ring (bicyclic) bond motifs is 5. The van der Waals surface area contributed by atoms with Gasteiger partial charge in [-0.05, 0) is 101 Å². The summed E-state index contributed by atoms with van der Waals surface area (Å²) in [6.45, 7) is 2.08. The van der Waals surface area contributed by atoms with Crippen molar-refractivity contribution >= 4 is 50.2 Å². The fraction of sp³-hybridized carbons (Fsp3) is 0.0400. The fourth-order valence-electron chi connectivity index (χ4n) is 7.29. The van der Waals surface area contributed by atoms with Crippen LogP contribution in [0.3, 0.4) is 0 Å². The van der Waals surface area contributed by atoms with E-state index < -0.39 is 0 Å². The highest BCUT2D eigenvalue weighted by Gasteiger charge is 2.17. The van der Waals surface area contributed by atoms with E-state index in [-0.39, 0.29) is 0 Å². The summed E-state index contributed by atoms with van der Waals surface area (Å²) in [5.74, 6) is 0. The van der Waals surface area contributed by atoms with Gasteiger partial charge in [-0.2, -0.15) is 0 Å². The number of aromatic nitrogens is 3. The predicted octanol–water partition coefficient (Wildman–Crippen LogP) is 13.0. The van der Waals surface area contributed by atoms with E-state index in [1.165, 1.54) is 27.8 Å². The maximum atomic E-state index is 5.17. The van der Waals surface area contributed by atoms with Gasteiger partial charge in [0.15, 0.2) is 0 Å². The first-order valence-electron chi connectivity index (χ1n) is 18.4. The molecule has 0 saturated carbocycles. The minimum atomic E-state index is 0.791. The Morgan fingerprint density at radius 1 is 0.556 bits per heavy atom. The van der Waals surface area contributed by atoms with Crippen LogP contribution in [0.25, 0.3) is 55.4 Å². The van der Waals surface area contributed by atoms with Gasteiger partial charge >= 0.3 is 0 Å². The Kier molecular flexibility index (Phi) is 8.84. The SMILES string of the molecule is C/C=C(\C=C/Cc1ccc(N(c2ccc(-c3ccccc3)cc2)c2ccc(-c3ccccc3)cc2)cc1)c1nc2ccccc2c2nc3ccccn3c12. The lowest BCUT2D eigenvalue weighted by atomic mass is 10.0. The van der Waals surface area contributed by atoms with Crippen LogP contribution in [0.5, 0.6) is 0 Å². The van der Waals surface area contributed by atoms with Crippen molar-refractivity contribution in [1.82, 2.24) is 14.4 Å². The molecule has 6 aromatic carbocycles. The Hall–Kier alpha value is -7.04. The summed E-state index contributed by atoms with van der Waals surface area (Å²) in [5, 5.41) is 1.06. The number of hydrogen-bond acceptors (Lipinski definition) is 3. The first-order chi connectivity index (χ1) is 26.7. The van der Waals surface area contributed by atoms with Crippen LogP contribution in [0, 0.1) is 0 Å². The van der Waals surface area contributed by atoms with Gasteiger partial charge in [0.1, 0.15) is 11.2 Å². The summed E-state index contributed by atoms with van der Waals surface area (Å²) < 4.78 is 2.15. The van der Waals surface area contributed by atoms with E-state index >= 15 is 0 Å². The topological polar surface area (TPSA) is 33.4 Å². The monoisotopic (exact) mass is 694 g/mol. The first kappa shape index (κ1) is 32.8. The van der Waals surface area contributed by atoms with Crippen LogP contribution in [-0.2, 0) is 6.42 Å². The third kappa shape index (κ3) is 6.35. The molecule has 3 heterocycles. The first-order valence-corrected chi connectivity index (χ1v) is 18.4. The Bertz CT molecular complexity index is 2680. The average Bonchev–Trinajstić information content (AvgIpc) is 3.64. The second-order valence-electron chi connectivity index (χ2n) is 13.4. The Labute approximate surface area is 315 Å². The molecule has 258 valence electrons. The molecule has 9 aromatic rings.